The van der Waals surface area contributed by atoms with E-state index in [9.17, 15) is 0 Å². The molecule has 0 heterocycles. The highest BCUT2D eigenvalue weighted by molar-refractivity contribution is 9.10. The van der Waals surface area contributed by atoms with Crippen molar-refractivity contribution in [3.05, 3.63) is 28.2 Å². The van der Waals surface area contributed by atoms with Crippen LogP contribution in [0.4, 0.5) is 5.69 Å². The quantitative estimate of drug-likeness (QED) is 0.893. The summed E-state index contributed by atoms with van der Waals surface area (Å²) in [6, 6.07) is 7.65. The lowest BCUT2D eigenvalue weighted by Gasteiger charge is -2.23. The fourth-order valence-electron chi connectivity index (χ4n) is 1.15. The smallest absolute Gasteiger partial charge is 0.101 e. The Labute approximate surface area is 104 Å². The first kappa shape index (κ1) is 13.0. The predicted octanol–water partition coefficient (Wildman–Crippen LogP) is 2.75. The molecule has 0 fully saturated rings. The minimum absolute atomic E-state index is 0.110. The van der Waals surface area contributed by atoms with Gasteiger partial charge in [0.05, 0.1) is 11.3 Å². The number of nitriles is 1. The molecule has 1 aromatic carbocycles. The van der Waals surface area contributed by atoms with Gasteiger partial charge in [-0.25, -0.2) is 0 Å². The van der Waals surface area contributed by atoms with Crippen LogP contribution in [0.25, 0.3) is 0 Å². The van der Waals surface area contributed by atoms with Gasteiger partial charge in [0.2, 0.25) is 0 Å². The zero-order valence-corrected chi connectivity index (χ0v) is 11.0. The van der Waals surface area contributed by atoms with Crippen molar-refractivity contribution in [3.8, 4) is 6.07 Å². The van der Waals surface area contributed by atoms with Crippen LogP contribution >= 0.6 is 15.9 Å². The maximum Gasteiger partial charge on any atom is 0.101 e. The second-order valence-corrected chi connectivity index (χ2v) is 5.39. The third-order valence-corrected chi connectivity index (χ3v) is 2.78. The molecule has 0 spiro atoms. The Bertz CT molecular complexity index is 410. The Morgan fingerprint density at radius 1 is 1.50 bits per heavy atom. The summed E-state index contributed by atoms with van der Waals surface area (Å²) in [5, 5.41) is 21.3. The number of rotatable bonds is 4. The zero-order valence-electron chi connectivity index (χ0n) is 9.42. The van der Waals surface area contributed by atoms with Gasteiger partial charge in [-0.3, -0.25) is 0 Å². The molecule has 0 aliphatic heterocycles. The predicted molar refractivity (Wildman–Crippen MR) is 68.2 cm³/mol. The maximum absolute atomic E-state index is 9.13. The Kier molecular flexibility index (Phi) is 4.34. The van der Waals surface area contributed by atoms with Crippen molar-refractivity contribution in [1.29, 1.82) is 5.26 Å². The number of benzene rings is 1. The molecule has 0 saturated carbocycles. The molecule has 0 aliphatic rings. The fourth-order valence-corrected chi connectivity index (χ4v) is 1.51. The Hall–Kier alpha value is -1.05. The molecule has 86 valence electrons. The lowest BCUT2D eigenvalue weighted by atomic mass is 9.95. The molecule has 2 N–H and O–H groups in total. The molecule has 3 nitrogen and oxygen atoms in total. The summed E-state index contributed by atoms with van der Waals surface area (Å²) in [6.45, 7) is 4.66. The SMILES string of the molecule is CC(C)(CO)CNc1ccc(Br)cc1C#N. The van der Waals surface area contributed by atoms with Gasteiger partial charge in [0.1, 0.15) is 6.07 Å². The van der Waals surface area contributed by atoms with Crippen molar-refractivity contribution in [3.63, 3.8) is 0 Å². The number of aliphatic hydroxyl groups is 1. The summed E-state index contributed by atoms with van der Waals surface area (Å²) >= 11 is 3.32. The topological polar surface area (TPSA) is 56.0 Å². The van der Waals surface area contributed by atoms with Gasteiger partial charge in [-0.2, -0.15) is 5.26 Å². The highest BCUT2D eigenvalue weighted by atomic mass is 79.9. The van der Waals surface area contributed by atoms with Crippen LogP contribution in [0, 0.1) is 16.7 Å². The first-order chi connectivity index (χ1) is 7.48. The number of nitrogens with zero attached hydrogens (tertiary/aromatic N) is 1. The van der Waals surface area contributed by atoms with Crippen molar-refractivity contribution < 1.29 is 5.11 Å². The van der Waals surface area contributed by atoms with Crippen molar-refractivity contribution in [2.45, 2.75) is 13.8 Å². The van der Waals surface area contributed by atoms with Crippen LogP contribution in [0.5, 0.6) is 0 Å². The molecular weight excluding hydrogens is 268 g/mol. The highest BCUT2D eigenvalue weighted by Gasteiger charge is 2.16. The van der Waals surface area contributed by atoms with E-state index in [0.29, 0.717) is 12.1 Å². The average Bonchev–Trinajstić information content (AvgIpc) is 2.27. The van der Waals surface area contributed by atoms with Gasteiger partial charge < -0.3 is 10.4 Å². The van der Waals surface area contributed by atoms with E-state index >= 15 is 0 Å². The number of hydrogen-bond donors (Lipinski definition) is 2. The van der Waals surface area contributed by atoms with E-state index in [-0.39, 0.29) is 12.0 Å². The number of hydrogen-bond acceptors (Lipinski definition) is 3. The largest absolute Gasteiger partial charge is 0.396 e. The first-order valence-electron chi connectivity index (χ1n) is 5.03. The number of anilines is 1. The van der Waals surface area contributed by atoms with E-state index in [1.807, 2.05) is 26.0 Å². The van der Waals surface area contributed by atoms with E-state index in [1.165, 1.54) is 0 Å². The van der Waals surface area contributed by atoms with Gasteiger partial charge in [-0.05, 0) is 18.2 Å². The molecule has 1 rings (SSSR count). The second kappa shape index (κ2) is 5.33. The van der Waals surface area contributed by atoms with Gasteiger partial charge >= 0.3 is 0 Å². The molecule has 0 aliphatic carbocycles. The van der Waals surface area contributed by atoms with Crippen LogP contribution in [0.15, 0.2) is 22.7 Å². The summed E-state index contributed by atoms with van der Waals surface area (Å²) in [4.78, 5) is 0. The fraction of sp³-hybridized carbons (Fsp3) is 0.417. The Morgan fingerprint density at radius 2 is 2.19 bits per heavy atom. The van der Waals surface area contributed by atoms with Crippen LogP contribution in [0.2, 0.25) is 0 Å². The molecule has 1 aromatic rings. The lowest BCUT2D eigenvalue weighted by molar-refractivity contribution is 0.171. The summed E-state index contributed by atoms with van der Waals surface area (Å²) in [5.74, 6) is 0. The van der Waals surface area contributed by atoms with Gasteiger partial charge in [0.15, 0.2) is 0 Å². The molecular formula is C12H15BrN2O. The van der Waals surface area contributed by atoms with Crippen LogP contribution in [0.1, 0.15) is 19.4 Å². The molecule has 0 radical (unpaired) electrons. The minimum Gasteiger partial charge on any atom is -0.396 e. The molecule has 0 saturated heterocycles. The molecule has 0 atom stereocenters. The van der Waals surface area contributed by atoms with Gasteiger partial charge in [0, 0.05) is 23.0 Å². The van der Waals surface area contributed by atoms with E-state index in [1.54, 1.807) is 6.07 Å². The van der Waals surface area contributed by atoms with Crippen LogP contribution in [-0.4, -0.2) is 18.3 Å². The highest BCUT2D eigenvalue weighted by Crippen LogP contribution is 2.22. The summed E-state index contributed by atoms with van der Waals surface area (Å²) < 4.78 is 0.885. The Morgan fingerprint density at radius 3 is 2.75 bits per heavy atom. The van der Waals surface area contributed by atoms with Crippen LogP contribution < -0.4 is 5.32 Å². The van der Waals surface area contributed by atoms with E-state index in [4.69, 9.17) is 10.4 Å². The molecule has 16 heavy (non-hydrogen) atoms. The molecule has 0 unspecified atom stereocenters. The Balaban J connectivity index is 2.79. The maximum atomic E-state index is 9.13. The molecule has 4 heteroatoms. The van der Waals surface area contributed by atoms with Crippen molar-refractivity contribution in [2.24, 2.45) is 5.41 Å². The lowest BCUT2D eigenvalue weighted by Crippen LogP contribution is -2.27. The first-order valence-corrected chi connectivity index (χ1v) is 5.82. The van der Waals surface area contributed by atoms with Gasteiger partial charge in [0.25, 0.3) is 0 Å². The van der Waals surface area contributed by atoms with Crippen LogP contribution in [-0.2, 0) is 0 Å². The van der Waals surface area contributed by atoms with E-state index in [2.05, 4.69) is 27.3 Å². The zero-order chi connectivity index (χ0) is 12.2. The standard InChI is InChI=1S/C12H15BrN2O/c1-12(2,8-16)7-15-11-4-3-10(13)5-9(11)6-14/h3-5,15-16H,7-8H2,1-2H3. The summed E-state index contributed by atoms with van der Waals surface area (Å²) in [7, 11) is 0. The number of nitrogens with one attached hydrogen (secondary N) is 1. The minimum atomic E-state index is -0.195. The normalized spacial score (nSPS) is 10.9. The summed E-state index contributed by atoms with van der Waals surface area (Å²) in [5.41, 5.74) is 1.20. The van der Waals surface area contributed by atoms with Crippen molar-refractivity contribution >= 4 is 21.6 Å². The van der Waals surface area contributed by atoms with Gasteiger partial charge in [-0.15, -0.1) is 0 Å². The average molecular weight is 283 g/mol. The molecule has 0 bridgehead atoms. The van der Waals surface area contributed by atoms with Crippen molar-refractivity contribution in [1.82, 2.24) is 0 Å². The molecule has 0 aromatic heterocycles. The summed E-state index contributed by atoms with van der Waals surface area (Å²) in [6.07, 6.45) is 0. The van der Waals surface area contributed by atoms with E-state index in [0.717, 1.165) is 10.2 Å². The third-order valence-electron chi connectivity index (χ3n) is 2.29. The van der Waals surface area contributed by atoms with Crippen LogP contribution in [0.3, 0.4) is 0 Å². The number of aliphatic hydroxyl groups excluding tert-OH is 1. The van der Waals surface area contributed by atoms with Crippen molar-refractivity contribution in [2.75, 3.05) is 18.5 Å². The number of halogens is 1. The second-order valence-electron chi connectivity index (χ2n) is 4.48. The third kappa shape index (κ3) is 3.51. The monoisotopic (exact) mass is 282 g/mol. The molecule has 0 amide bonds. The van der Waals surface area contributed by atoms with Gasteiger partial charge in [-0.1, -0.05) is 29.8 Å². The van der Waals surface area contributed by atoms with E-state index < -0.39 is 0 Å².